The third kappa shape index (κ3) is 1.17. The number of fused-ring (bicyclic) bond motifs is 1. The van der Waals surface area contributed by atoms with E-state index in [0.717, 1.165) is 17.7 Å². The molecule has 0 bridgehead atoms. The van der Waals surface area contributed by atoms with Crippen molar-refractivity contribution in [1.29, 1.82) is 0 Å². The molecule has 0 amide bonds. The van der Waals surface area contributed by atoms with Crippen LogP contribution in [0.25, 0.3) is 0 Å². The molecule has 76 valence electrons. The van der Waals surface area contributed by atoms with E-state index in [0.29, 0.717) is 5.92 Å². The lowest BCUT2D eigenvalue weighted by molar-refractivity contribution is 0.0928. The van der Waals surface area contributed by atoms with E-state index in [4.69, 9.17) is 0 Å². The minimum atomic E-state index is -0.407. The molecule has 1 aromatic heterocycles. The number of aliphatic hydroxyl groups is 1. The lowest BCUT2D eigenvalue weighted by Crippen LogP contribution is -2.15. The number of rotatable bonds is 2. The second kappa shape index (κ2) is 2.79. The van der Waals surface area contributed by atoms with E-state index in [1.807, 2.05) is 11.6 Å². The molecule has 4 nitrogen and oxygen atoms in total. The Labute approximate surface area is 83.0 Å². The fourth-order valence-corrected chi connectivity index (χ4v) is 2.79. The molecule has 3 atom stereocenters. The summed E-state index contributed by atoms with van der Waals surface area (Å²) in [6, 6.07) is 0. The van der Waals surface area contributed by atoms with Crippen LogP contribution in [0.1, 0.15) is 31.2 Å². The molecular formula is C10H15N3O. The monoisotopic (exact) mass is 193 g/mol. The van der Waals surface area contributed by atoms with Gasteiger partial charge in [-0.25, -0.2) is 0 Å². The van der Waals surface area contributed by atoms with E-state index >= 15 is 0 Å². The SMILES string of the molecule is Cn1cnnc1C(O)C1CC2CC2C1. The maximum absolute atomic E-state index is 10.1. The lowest BCUT2D eigenvalue weighted by atomic mass is 9.96. The second-order valence-corrected chi connectivity index (χ2v) is 4.73. The topological polar surface area (TPSA) is 50.9 Å². The van der Waals surface area contributed by atoms with Crippen molar-refractivity contribution in [2.24, 2.45) is 24.8 Å². The van der Waals surface area contributed by atoms with E-state index < -0.39 is 6.10 Å². The summed E-state index contributed by atoms with van der Waals surface area (Å²) in [4.78, 5) is 0. The van der Waals surface area contributed by atoms with Crippen molar-refractivity contribution in [3.8, 4) is 0 Å². The number of hydrogen-bond acceptors (Lipinski definition) is 3. The molecule has 0 saturated heterocycles. The van der Waals surface area contributed by atoms with E-state index in [1.165, 1.54) is 19.3 Å². The van der Waals surface area contributed by atoms with E-state index in [-0.39, 0.29) is 0 Å². The lowest BCUT2D eigenvalue weighted by Gasteiger charge is -2.18. The Kier molecular flexibility index (Phi) is 1.68. The fourth-order valence-electron chi connectivity index (χ4n) is 2.79. The Morgan fingerprint density at radius 3 is 2.71 bits per heavy atom. The third-order valence-electron chi connectivity index (χ3n) is 3.74. The molecule has 2 aliphatic rings. The Hall–Kier alpha value is -0.900. The molecule has 0 spiro atoms. The molecule has 0 aliphatic heterocycles. The van der Waals surface area contributed by atoms with Crippen LogP contribution in [0.15, 0.2) is 6.33 Å². The molecule has 14 heavy (non-hydrogen) atoms. The third-order valence-corrected chi connectivity index (χ3v) is 3.74. The van der Waals surface area contributed by atoms with Gasteiger partial charge in [-0.1, -0.05) is 0 Å². The van der Waals surface area contributed by atoms with Gasteiger partial charge in [0.25, 0.3) is 0 Å². The van der Waals surface area contributed by atoms with Gasteiger partial charge in [0.15, 0.2) is 5.82 Å². The van der Waals surface area contributed by atoms with E-state index in [2.05, 4.69) is 10.2 Å². The average Bonchev–Trinajstić information content (AvgIpc) is 2.64. The minimum absolute atomic E-state index is 0.407. The van der Waals surface area contributed by atoms with Gasteiger partial charge in [-0.15, -0.1) is 10.2 Å². The molecule has 4 heteroatoms. The van der Waals surface area contributed by atoms with Crippen molar-refractivity contribution in [3.05, 3.63) is 12.2 Å². The van der Waals surface area contributed by atoms with Crippen LogP contribution in [0.3, 0.4) is 0 Å². The maximum atomic E-state index is 10.1. The van der Waals surface area contributed by atoms with Crippen molar-refractivity contribution in [3.63, 3.8) is 0 Å². The van der Waals surface area contributed by atoms with Crippen molar-refractivity contribution >= 4 is 0 Å². The minimum Gasteiger partial charge on any atom is -0.385 e. The van der Waals surface area contributed by atoms with Gasteiger partial charge in [-0.2, -0.15) is 0 Å². The Morgan fingerprint density at radius 2 is 2.14 bits per heavy atom. The first-order valence-corrected chi connectivity index (χ1v) is 5.27. The van der Waals surface area contributed by atoms with Gasteiger partial charge in [0, 0.05) is 7.05 Å². The summed E-state index contributed by atoms with van der Waals surface area (Å²) in [6.45, 7) is 0. The predicted molar refractivity (Wildman–Crippen MR) is 50.3 cm³/mol. The summed E-state index contributed by atoms with van der Waals surface area (Å²) in [6.07, 6.45) is 4.99. The zero-order chi connectivity index (χ0) is 9.71. The van der Waals surface area contributed by atoms with Gasteiger partial charge >= 0.3 is 0 Å². The van der Waals surface area contributed by atoms with Gasteiger partial charge in [-0.05, 0) is 37.0 Å². The number of hydrogen-bond donors (Lipinski definition) is 1. The van der Waals surface area contributed by atoms with Gasteiger partial charge in [-0.3, -0.25) is 0 Å². The Morgan fingerprint density at radius 1 is 1.43 bits per heavy atom. The Bertz CT molecular complexity index is 339. The quantitative estimate of drug-likeness (QED) is 0.759. The van der Waals surface area contributed by atoms with Crippen molar-refractivity contribution in [2.45, 2.75) is 25.4 Å². The molecule has 1 heterocycles. The number of aryl methyl sites for hydroxylation is 1. The molecular weight excluding hydrogens is 178 g/mol. The van der Waals surface area contributed by atoms with Crippen LogP contribution in [0, 0.1) is 17.8 Å². The smallest absolute Gasteiger partial charge is 0.161 e. The van der Waals surface area contributed by atoms with Crippen molar-refractivity contribution in [1.82, 2.24) is 14.8 Å². The van der Waals surface area contributed by atoms with Crippen LogP contribution < -0.4 is 0 Å². The Balaban J connectivity index is 1.76. The summed E-state index contributed by atoms with van der Waals surface area (Å²) in [5, 5.41) is 17.9. The molecule has 0 radical (unpaired) electrons. The number of aromatic nitrogens is 3. The summed E-state index contributed by atoms with van der Waals surface area (Å²) in [5.41, 5.74) is 0. The molecule has 0 aromatic carbocycles. The molecule has 1 N–H and O–H groups in total. The average molecular weight is 193 g/mol. The van der Waals surface area contributed by atoms with Gasteiger partial charge in [0.1, 0.15) is 12.4 Å². The highest BCUT2D eigenvalue weighted by molar-refractivity contribution is 5.02. The first-order valence-electron chi connectivity index (χ1n) is 5.27. The fraction of sp³-hybridized carbons (Fsp3) is 0.800. The number of aliphatic hydroxyl groups excluding tert-OH is 1. The molecule has 3 rings (SSSR count). The summed E-state index contributed by atoms with van der Waals surface area (Å²) in [7, 11) is 1.88. The van der Waals surface area contributed by atoms with Crippen molar-refractivity contribution in [2.75, 3.05) is 0 Å². The van der Waals surface area contributed by atoms with Crippen LogP contribution in [0.4, 0.5) is 0 Å². The zero-order valence-corrected chi connectivity index (χ0v) is 8.30. The maximum Gasteiger partial charge on any atom is 0.161 e. The van der Waals surface area contributed by atoms with Crippen molar-refractivity contribution < 1.29 is 5.11 Å². The van der Waals surface area contributed by atoms with E-state index in [9.17, 15) is 5.11 Å². The van der Waals surface area contributed by atoms with Gasteiger partial charge < -0.3 is 9.67 Å². The highest BCUT2D eigenvalue weighted by Gasteiger charge is 2.48. The highest BCUT2D eigenvalue weighted by Crippen LogP contribution is 2.56. The van der Waals surface area contributed by atoms with Crippen LogP contribution in [0.5, 0.6) is 0 Å². The predicted octanol–water partition coefficient (Wildman–Crippen LogP) is 0.895. The van der Waals surface area contributed by atoms with Crippen LogP contribution in [-0.2, 0) is 7.05 Å². The molecule has 2 aliphatic carbocycles. The molecule has 2 fully saturated rings. The first-order chi connectivity index (χ1) is 6.75. The number of nitrogens with zero attached hydrogens (tertiary/aromatic N) is 3. The van der Waals surface area contributed by atoms with Crippen LogP contribution in [-0.4, -0.2) is 19.9 Å². The summed E-state index contributed by atoms with van der Waals surface area (Å²) in [5.74, 6) is 2.95. The van der Waals surface area contributed by atoms with E-state index in [1.54, 1.807) is 6.33 Å². The highest BCUT2D eigenvalue weighted by atomic mass is 16.3. The molecule has 3 unspecified atom stereocenters. The first kappa shape index (κ1) is 8.41. The van der Waals surface area contributed by atoms with Gasteiger partial charge in [0.2, 0.25) is 0 Å². The van der Waals surface area contributed by atoms with Crippen LogP contribution in [0.2, 0.25) is 0 Å². The zero-order valence-electron chi connectivity index (χ0n) is 8.30. The molecule has 1 aromatic rings. The normalized spacial score (nSPS) is 36.9. The van der Waals surface area contributed by atoms with Crippen LogP contribution >= 0.6 is 0 Å². The largest absolute Gasteiger partial charge is 0.385 e. The standard InChI is InChI=1S/C10H15N3O/c1-13-5-11-12-10(13)9(14)8-3-6-2-7(6)4-8/h5-9,14H,2-4H2,1H3. The molecule has 2 saturated carbocycles. The summed E-state index contributed by atoms with van der Waals surface area (Å²) < 4.78 is 1.81. The summed E-state index contributed by atoms with van der Waals surface area (Å²) >= 11 is 0. The van der Waals surface area contributed by atoms with Gasteiger partial charge in [0.05, 0.1) is 0 Å². The second-order valence-electron chi connectivity index (χ2n) is 4.73.